The second kappa shape index (κ2) is 8.47. The molecule has 6 nitrogen and oxygen atoms in total. The molecule has 0 spiro atoms. The minimum Gasteiger partial charge on any atom is -0.497 e. The molecular formula is C19H22N4O2. The first kappa shape index (κ1) is 17.2. The molecule has 6 heteroatoms. The summed E-state index contributed by atoms with van der Waals surface area (Å²) in [6.45, 7) is 4.13. The number of anilines is 1. The number of benzene rings is 1. The van der Waals surface area contributed by atoms with Crippen molar-refractivity contribution in [3.63, 3.8) is 0 Å². The van der Waals surface area contributed by atoms with Gasteiger partial charge in [0, 0.05) is 25.8 Å². The highest BCUT2D eigenvalue weighted by Crippen LogP contribution is 2.24. The van der Waals surface area contributed by atoms with Gasteiger partial charge in [-0.2, -0.15) is 5.26 Å². The maximum absolute atomic E-state index is 9.32. The highest BCUT2D eigenvalue weighted by atomic mass is 16.5. The SMILES string of the molecule is COc1ccc([C@H](CN2CCOCC2)Nc2ncccc2C#N)cc1. The van der Waals surface area contributed by atoms with Crippen LogP contribution in [0.2, 0.25) is 0 Å². The number of aromatic nitrogens is 1. The van der Waals surface area contributed by atoms with Crippen molar-refractivity contribution in [2.45, 2.75) is 6.04 Å². The van der Waals surface area contributed by atoms with Gasteiger partial charge in [0.25, 0.3) is 0 Å². The van der Waals surface area contributed by atoms with Crippen LogP contribution in [0.5, 0.6) is 5.75 Å². The number of methoxy groups -OCH3 is 1. The topological polar surface area (TPSA) is 70.4 Å². The van der Waals surface area contributed by atoms with Crippen LogP contribution >= 0.6 is 0 Å². The van der Waals surface area contributed by atoms with Gasteiger partial charge in [0.05, 0.1) is 31.9 Å². The largest absolute Gasteiger partial charge is 0.497 e. The van der Waals surface area contributed by atoms with Gasteiger partial charge >= 0.3 is 0 Å². The summed E-state index contributed by atoms with van der Waals surface area (Å²) in [6.07, 6.45) is 1.70. The van der Waals surface area contributed by atoms with Crippen molar-refractivity contribution in [2.75, 3.05) is 45.3 Å². The molecule has 1 aromatic heterocycles. The minimum absolute atomic E-state index is 0.0195. The van der Waals surface area contributed by atoms with Gasteiger partial charge in [-0.1, -0.05) is 12.1 Å². The number of nitrogens with one attached hydrogen (secondary N) is 1. The molecule has 1 aliphatic heterocycles. The minimum atomic E-state index is 0.0195. The molecule has 0 bridgehead atoms. The average Bonchev–Trinajstić information content (AvgIpc) is 2.69. The van der Waals surface area contributed by atoms with E-state index >= 15 is 0 Å². The molecule has 2 aromatic rings. The lowest BCUT2D eigenvalue weighted by Crippen LogP contribution is -2.40. The third-order valence-corrected chi connectivity index (χ3v) is 4.30. The second-order valence-corrected chi connectivity index (χ2v) is 5.89. The summed E-state index contributed by atoms with van der Waals surface area (Å²) in [5.41, 5.74) is 1.67. The number of nitrogens with zero attached hydrogens (tertiary/aromatic N) is 3. The molecule has 1 fully saturated rings. The van der Waals surface area contributed by atoms with Crippen LogP contribution < -0.4 is 10.1 Å². The molecule has 1 aromatic carbocycles. The molecular weight excluding hydrogens is 316 g/mol. The Labute approximate surface area is 148 Å². The first-order valence-electron chi connectivity index (χ1n) is 8.36. The molecule has 0 aliphatic carbocycles. The van der Waals surface area contributed by atoms with Gasteiger partial charge in [-0.3, -0.25) is 4.90 Å². The molecule has 130 valence electrons. The van der Waals surface area contributed by atoms with Crippen LogP contribution in [0.25, 0.3) is 0 Å². The van der Waals surface area contributed by atoms with Crippen molar-refractivity contribution < 1.29 is 9.47 Å². The maximum Gasteiger partial charge on any atom is 0.144 e. The fourth-order valence-electron chi connectivity index (χ4n) is 2.89. The summed E-state index contributed by atoms with van der Waals surface area (Å²) in [7, 11) is 1.66. The number of hydrogen-bond acceptors (Lipinski definition) is 6. The van der Waals surface area contributed by atoms with E-state index in [1.54, 1.807) is 25.4 Å². The molecule has 1 atom stereocenters. The fourth-order valence-corrected chi connectivity index (χ4v) is 2.89. The lowest BCUT2D eigenvalue weighted by Gasteiger charge is -2.31. The number of nitriles is 1. The molecule has 25 heavy (non-hydrogen) atoms. The predicted octanol–water partition coefficient (Wildman–Crippen LogP) is 2.45. The summed E-state index contributed by atoms with van der Waals surface area (Å²) in [4.78, 5) is 6.70. The van der Waals surface area contributed by atoms with Crippen LogP contribution in [0, 0.1) is 11.3 Å². The maximum atomic E-state index is 9.32. The molecule has 3 rings (SSSR count). The highest BCUT2D eigenvalue weighted by Gasteiger charge is 2.20. The van der Waals surface area contributed by atoms with Gasteiger partial charge in [0.15, 0.2) is 0 Å². The molecule has 1 aliphatic rings. The van der Waals surface area contributed by atoms with Crippen molar-refractivity contribution in [1.82, 2.24) is 9.88 Å². The van der Waals surface area contributed by atoms with E-state index in [-0.39, 0.29) is 6.04 Å². The van der Waals surface area contributed by atoms with Crippen molar-refractivity contribution in [3.05, 3.63) is 53.7 Å². The van der Waals surface area contributed by atoms with Gasteiger partial charge in [-0.15, -0.1) is 0 Å². The summed E-state index contributed by atoms with van der Waals surface area (Å²) in [6, 6.07) is 13.8. The van der Waals surface area contributed by atoms with Gasteiger partial charge in [-0.25, -0.2) is 4.98 Å². The van der Waals surface area contributed by atoms with E-state index < -0.39 is 0 Å². The first-order valence-corrected chi connectivity index (χ1v) is 8.36. The number of rotatable bonds is 6. The van der Waals surface area contributed by atoms with E-state index in [0.717, 1.165) is 44.2 Å². The monoisotopic (exact) mass is 338 g/mol. The highest BCUT2D eigenvalue weighted by molar-refractivity contribution is 5.52. The van der Waals surface area contributed by atoms with Crippen molar-refractivity contribution in [2.24, 2.45) is 0 Å². The predicted molar refractivity (Wildman–Crippen MR) is 95.6 cm³/mol. The second-order valence-electron chi connectivity index (χ2n) is 5.89. The zero-order valence-corrected chi connectivity index (χ0v) is 14.3. The van der Waals surface area contributed by atoms with E-state index in [4.69, 9.17) is 9.47 Å². The van der Waals surface area contributed by atoms with Gasteiger partial charge in [0.2, 0.25) is 0 Å². The Morgan fingerprint density at radius 1 is 1.28 bits per heavy atom. The Kier molecular flexibility index (Phi) is 5.83. The standard InChI is InChI=1S/C19H22N4O2/c1-24-17-6-4-15(5-7-17)18(14-23-9-11-25-12-10-23)22-19-16(13-20)3-2-8-21-19/h2-8,18H,9-12,14H2,1H3,(H,21,22)/t18-/m0/s1. The molecule has 2 heterocycles. The van der Waals surface area contributed by atoms with Crippen molar-refractivity contribution in [3.8, 4) is 11.8 Å². The smallest absolute Gasteiger partial charge is 0.144 e. The molecule has 0 amide bonds. The Morgan fingerprint density at radius 2 is 2.04 bits per heavy atom. The van der Waals surface area contributed by atoms with Crippen LogP contribution in [0.15, 0.2) is 42.6 Å². The Bertz CT molecular complexity index is 721. The van der Waals surface area contributed by atoms with E-state index in [9.17, 15) is 5.26 Å². The van der Waals surface area contributed by atoms with Crippen molar-refractivity contribution >= 4 is 5.82 Å². The first-order chi connectivity index (χ1) is 12.3. The molecule has 1 saturated heterocycles. The number of hydrogen-bond donors (Lipinski definition) is 1. The third kappa shape index (κ3) is 4.47. The average molecular weight is 338 g/mol. The van der Waals surface area contributed by atoms with Gasteiger partial charge in [-0.05, 0) is 29.8 Å². The van der Waals surface area contributed by atoms with Gasteiger partial charge in [0.1, 0.15) is 17.6 Å². The van der Waals surface area contributed by atoms with Crippen LogP contribution in [-0.2, 0) is 4.74 Å². The third-order valence-electron chi connectivity index (χ3n) is 4.30. The lowest BCUT2D eigenvalue weighted by atomic mass is 10.1. The van der Waals surface area contributed by atoms with Crippen LogP contribution in [0.4, 0.5) is 5.82 Å². The van der Waals surface area contributed by atoms with Gasteiger partial charge < -0.3 is 14.8 Å². The number of morpholine rings is 1. The zero-order chi connectivity index (χ0) is 17.5. The summed E-state index contributed by atoms with van der Waals surface area (Å²) in [5, 5.41) is 12.8. The van der Waals surface area contributed by atoms with E-state index in [0.29, 0.717) is 11.4 Å². The fraction of sp³-hybridized carbons (Fsp3) is 0.368. The summed E-state index contributed by atoms with van der Waals surface area (Å²) in [5.74, 6) is 1.43. The van der Waals surface area contributed by atoms with Crippen molar-refractivity contribution in [1.29, 1.82) is 5.26 Å². The summed E-state index contributed by atoms with van der Waals surface area (Å²) < 4.78 is 10.7. The molecule has 0 radical (unpaired) electrons. The van der Waals surface area contributed by atoms with E-state index in [2.05, 4.69) is 21.3 Å². The Balaban J connectivity index is 1.83. The van der Waals surface area contributed by atoms with E-state index in [1.807, 2.05) is 24.3 Å². The van der Waals surface area contributed by atoms with Crippen LogP contribution in [-0.4, -0.2) is 49.8 Å². The van der Waals surface area contributed by atoms with Crippen LogP contribution in [0.1, 0.15) is 17.2 Å². The Hall–Kier alpha value is -2.62. The lowest BCUT2D eigenvalue weighted by molar-refractivity contribution is 0.0360. The molecule has 0 saturated carbocycles. The summed E-state index contributed by atoms with van der Waals surface area (Å²) >= 11 is 0. The quantitative estimate of drug-likeness (QED) is 0.872. The Morgan fingerprint density at radius 3 is 2.72 bits per heavy atom. The molecule has 1 N–H and O–H groups in total. The number of pyridine rings is 1. The zero-order valence-electron chi connectivity index (χ0n) is 14.3. The van der Waals surface area contributed by atoms with E-state index in [1.165, 1.54) is 0 Å². The van der Waals surface area contributed by atoms with Crippen LogP contribution in [0.3, 0.4) is 0 Å². The molecule has 0 unspecified atom stereocenters. The number of ether oxygens (including phenoxy) is 2. The normalized spacial score (nSPS) is 16.0.